The summed E-state index contributed by atoms with van der Waals surface area (Å²) in [5, 5.41) is 1.07. The summed E-state index contributed by atoms with van der Waals surface area (Å²) in [6, 6.07) is 5.61. The Morgan fingerprint density at radius 3 is 2.67 bits per heavy atom. The summed E-state index contributed by atoms with van der Waals surface area (Å²) in [5.74, 6) is -0.246. The monoisotopic (exact) mass is 365 g/mol. The minimum atomic E-state index is -0.246. The fraction of sp³-hybridized carbons (Fsp3) is 0.421. The van der Waals surface area contributed by atoms with Gasteiger partial charge in [0.05, 0.1) is 16.7 Å². The molecule has 0 radical (unpaired) electrons. The third-order valence-electron chi connectivity index (χ3n) is 4.64. The Morgan fingerprint density at radius 2 is 1.96 bits per heavy atom. The molecule has 1 heterocycles. The van der Waals surface area contributed by atoms with E-state index in [9.17, 15) is 4.79 Å². The number of nitrogens with zero attached hydrogens (tertiary/aromatic N) is 1. The number of hydrogen-bond acceptors (Lipinski definition) is 2. The Hall–Kier alpha value is -1.45. The van der Waals surface area contributed by atoms with Crippen LogP contribution in [0.1, 0.15) is 52.6 Å². The van der Waals surface area contributed by atoms with Crippen molar-refractivity contribution in [1.29, 1.82) is 0 Å². The molecule has 3 rings (SSSR count). The average molecular weight is 366 g/mol. The van der Waals surface area contributed by atoms with E-state index in [2.05, 4.69) is 4.57 Å². The van der Waals surface area contributed by atoms with Crippen molar-refractivity contribution in [3.05, 3.63) is 56.3 Å². The van der Waals surface area contributed by atoms with Gasteiger partial charge in [-0.1, -0.05) is 29.3 Å². The first kappa shape index (κ1) is 17.4. The molecule has 1 aromatic heterocycles. The molecule has 0 saturated carbocycles. The molecule has 0 fully saturated rings. The van der Waals surface area contributed by atoms with Crippen LogP contribution in [0.4, 0.5) is 0 Å². The normalized spacial score (nSPS) is 13.7. The second kappa shape index (κ2) is 7.20. The Bertz CT molecular complexity index is 780. The van der Waals surface area contributed by atoms with Crippen LogP contribution in [0.5, 0.6) is 0 Å². The molecule has 2 aromatic rings. The van der Waals surface area contributed by atoms with Crippen molar-refractivity contribution in [1.82, 2.24) is 4.57 Å². The van der Waals surface area contributed by atoms with Gasteiger partial charge in [0, 0.05) is 12.2 Å². The predicted molar refractivity (Wildman–Crippen MR) is 97.3 cm³/mol. The van der Waals surface area contributed by atoms with Crippen LogP contribution in [-0.2, 0) is 24.1 Å². The summed E-state index contributed by atoms with van der Waals surface area (Å²) in [7, 11) is 0. The van der Waals surface area contributed by atoms with Crippen LogP contribution < -0.4 is 0 Å². The van der Waals surface area contributed by atoms with Gasteiger partial charge in [-0.15, -0.1) is 0 Å². The maximum atomic E-state index is 12.5. The number of hydrogen-bond donors (Lipinski definition) is 0. The van der Waals surface area contributed by atoms with Gasteiger partial charge in [0.2, 0.25) is 0 Å². The summed E-state index contributed by atoms with van der Waals surface area (Å²) in [6.45, 7) is 4.84. The minimum absolute atomic E-state index is 0.246. The van der Waals surface area contributed by atoms with Gasteiger partial charge in [-0.05, 0) is 68.4 Å². The lowest BCUT2D eigenvalue weighted by Gasteiger charge is -2.17. The largest absolute Gasteiger partial charge is 0.461 e. The van der Waals surface area contributed by atoms with E-state index < -0.39 is 0 Å². The van der Waals surface area contributed by atoms with Gasteiger partial charge in [0.15, 0.2) is 0 Å². The molecule has 1 aliphatic carbocycles. The topological polar surface area (TPSA) is 31.2 Å². The number of carbonyl (C=O) groups excluding carboxylic acids is 1. The van der Waals surface area contributed by atoms with Crippen LogP contribution in [0.3, 0.4) is 0 Å². The van der Waals surface area contributed by atoms with Gasteiger partial charge in [0.1, 0.15) is 5.69 Å². The number of benzene rings is 1. The molecule has 0 amide bonds. The summed E-state index contributed by atoms with van der Waals surface area (Å²) in [6.07, 6.45) is 4.35. The lowest BCUT2D eigenvalue weighted by Crippen LogP contribution is -2.16. The number of fused-ring (bicyclic) bond motifs is 1. The second-order valence-corrected chi connectivity index (χ2v) is 6.98. The Kier molecular flexibility index (Phi) is 5.21. The third kappa shape index (κ3) is 3.20. The van der Waals surface area contributed by atoms with Crippen molar-refractivity contribution in [2.45, 2.75) is 46.1 Å². The smallest absolute Gasteiger partial charge is 0.355 e. The van der Waals surface area contributed by atoms with E-state index in [0.717, 1.165) is 30.4 Å². The number of esters is 1. The van der Waals surface area contributed by atoms with Crippen molar-refractivity contribution in [3.63, 3.8) is 0 Å². The molecule has 24 heavy (non-hydrogen) atoms. The number of carbonyl (C=O) groups is 1. The van der Waals surface area contributed by atoms with Crippen LogP contribution in [0, 0.1) is 6.92 Å². The van der Waals surface area contributed by atoms with Crippen molar-refractivity contribution in [3.8, 4) is 0 Å². The highest BCUT2D eigenvalue weighted by Gasteiger charge is 2.27. The van der Waals surface area contributed by atoms with Gasteiger partial charge in [0.25, 0.3) is 0 Å². The maximum Gasteiger partial charge on any atom is 0.355 e. The molecule has 0 saturated heterocycles. The van der Waals surface area contributed by atoms with Crippen LogP contribution in [0.2, 0.25) is 10.0 Å². The highest BCUT2D eigenvalue weighted by molar-refractivity contribution is 6.42. The Morgan fingerprint density at radius 1 is 1.21 bits per heavy atom. The molecular formula is C19H21Cl2NO2. The van der Waals surface area contributed by atoms with Crippen LogP contribution in [0.15, 0.2) is 18.2 Å². The number of ether oxygens (including phenoxy) is 1. The van der Waals surface area contributed by atoms with E-state index in [1.165, 1.54) is 17.7 Å². The van der Waals surface area contributed by atoms with Gasteiger partial charge in [-0.3, -0.25) is 0 Å². The summed E-state index contributed by atoms with van der Waals surface area (Å²) in [4.78, 5) is 12.5. The molecule has 3 nitrogen and oxygen atoms in total. The van der Waals surface area contributed by atoms with E-state index in [-0.39, 0.29) is 5.97 Å². The number of aromatic nitrogens is 1. The van der Waals surface area contributed by atoms with Crippen LogP contribution in [-0.4, -0.2) is 17.1 Å². The zero-order valence-corrected chi connectivity index (χ0v) is 15.5. The molecule has 1 aromatic carbocycles. The molecule has 128 valence electrons. The van der Waals surface area contributed by atoms with Crippen molar-refractivity contribution in [2.24, 2.45) is 0 Å². The highest BCUT2D eigenvalue weighted by atomic mass is 35.5. The molecule has 1 aliphatic rings. The first-order valence-electron chi connectivity index (χ1n) is 8.34. The van der Waals surface area contributed by atoms with Gasteiger partial charge in [-0.2, -0.15) is 0 Å². The average Bonchev–Trinajstić information content (AvgIpc) is 2.84. The van der Waals surface area contributed by atoms with Crippen molar-refractivity contribution >= 4 is 29.2 Å². The summed E-state index contributed by atoms with van der Waals surface area (Å²) in [5.41, 5.74) is 5.33. The fourth-order valence-electron chi connectivity index (χ4n) is 3.53. The molecular weight excluding hydrogens is 345 g/mol. The second-order valence-electron chi connectivity index (χ2n) is 6.16. The SMILES string of the molecule is CCOC(=O)c1c(C)c2c(n1Cc1ccc(Cl)c(Cl)c1)CCCC2. The minimum Gasteiger partial charge on any atom is -0.461 e. The lowest BCUT2D eigenvalue weighted by molar-refractivity contribution is 0.0513. The van der Waals surface area contributed by atoms with E-state index in [1.54, 1.807) is 6.07 Å². The molecule has 0 bridgehead atoms. The first-order valence-corrected chi connectivity index (χ1v) is 9.10. The van der Waals surface area contributed by atoms with Crippen LogP contribution in [0.25, 0.3) is 0 Å². The molecule has 5 heteroatoms. The van der Waals surface area contributed by atoms with E-state index in [4.69, 9.17) is 27.9 Å². The standard InChI is InChI=1S/C19H21Cl2NO2/c1-3-24-19(23)18-12(2)14-6-4-5-7-17(14)22(18)11-13-8-9-15(20)16(21)10-13/h8-10H,3-7,11H2,1-2H3. The number of halogens is 2. The molecule has 0 unspecified atom stereocenters. The van der Waals surface area contributed by atoms with E-state index in [0.29, 0.717) is 28.9 Å². The molecule has 0 spiro atoms. The molecule has 0 atom stereocenters. The summed E-state index contributed by atoms with van der Waals surface area (Å²) < 4.78 is 7.41. The zero-order chi connectivity index (χ0) is 17.3. The maximum absolute atomic E-state index is 12.5. The Labute approximate surface area is 152 Å². The van der Waals surface area contributed by atoms with Gasteiger partial charge >= 0.3 is 5.97 Å². The third-order valence-corrected chi connectivity index (χ3v) is 5.37. The fourth-order valence-corrected chi connectivity index (χ4v) is 3.85. The lowest BCUT2D eigenvalue weighted by atomic mass is 9.95. The van der Waals surface area contributed by atoms with Gasteiger partial charge in [-0.25, -0.2) is 4.79 Å². The van der Waals surface area contributed by atoms with E-state index in [1.807, 2.05) is 26.0 Å². The highest BCUT2D eigenvalue weighted by Crippen LogP contribution is 2.31. The van der Waals surface area contributed by atoms with Crippen molar-refractivity contribution in [2.75, 3.05) is 6.61 Å². The predicted octanol–water partition coefficient (Wildman–Crippen LogP) is 5.21. The van der Waals surface area contributed by atoms with E-state index >= 15 is 0 Å². The zero-order valence-electron chi connectivity index (χ0n) is 14.0. The van der Waals surface area contributed by atoms with Crippen molar-refractivity contribution < 1.29 is 9.53 Å². The molecule has 0 aliphatic heterocycles. The number of rotatable bonds is 4. The first-order chi connectivity index (χ1) is 11.5. The summed E-state index contributed by atoms with van der Waals surface area (Å²) >= 11 is 12.2. The quantitative estimate of drug-likeness (QED) is 0.696. The Balaban J connectivity index is 2.07. The molecule has 0 N–H and O–H groups in total. The van der Waals surface area contributed by atoms with Crippen LogP contribution >= 0.6 is 23.2 Å². The van der Waals surface area contributed by atoms with Gasteiger partial charge < -0.3 is 9.30 Å².